The fourth-order valence-corrected chi connectivity index (χ4v) is 3.90. The van der Waals surface area contributed by atoms with Gasteiger partial charge in [0.2, 0.25) is 5.91 Å². The van der Waals surface area contributed by atoms with Gasteiger partial charge in [0.05, 0.1) is 6.10 Å². The van der Waals surface area contributed by atoms with Crippen molar-refractivity contribution >= 4 is 5.91 Å². The monoisotopic (exact) mass is 434 g/mol. The molecule has 0 aromatic heterocycles. The van der Waals surface area contributed by atoms with Crippen LogP contribution in [0.3, 0.4) is 0 Å². The van der Waals surface area contributed by atoms with Gasteiger partial charge in [-0.2, -0.15) is 0 Å². The van der Waals surface area contributed by atoms with Crippen LogP contribution < -0.4 is 14.8 Å². The van der Waals surface area contributed by atoms with Crippen LogP contribution in [-0.4, -0.2) is 54.8 Å². The third kappa shape index (κ3) is 8.69. The molecule has 1 aromatic rings. The van der Waals surface area contributed by atoms with Gasteiger partial charge in [0.15, 0.2) is 11.5 Å². The van der Waals surface area contributed by atoms with Crippen LogP contribution in [0.4, 0.5) is 0 Å². The molecule has 1 amide bonds. The number of aliphatic hydroxyl groups is 1. The van der Waals surface area contributed by atoms with E-state index in [2.05, 4.69) is 38.0 Å². The Hall–Kier alpha value is -1.79. The minimum atomic E-state index is -0.741. The van der Waals surface area contributed by atoms with Crippen molar-refractivity contribution in [3.8, 4) is 11.5 Å². The Morgan fingerprint density at radius 1 is 1.10 bits per heavy atom. The summed E-state index contributed by atoms with van der Waals surface area (Å²) in [5, 5.41) is 13.0. The maximum atomic E-state index is 11.8. The summed E-state index contributed by atoms with van der Waals surface area (Å²) in [6.07, 6.45) is 8.17. The second-order valence-electron chi connectivity index (χ2n) is 8.83. The van der Waals surface area contributed by atoms with Crippen molar-refractivity contribution in [2.75, 3.05) is 26.8 Å². The van der Waals surface area contributed by atoms with Crippen molar-refractivity contribution in [1.82, 2.24) is 10.2 Å². The summed E-state index contributed by atoms with van der Waals surface area (Å²) in [7, 11) is 2.21. The van der Waals surface area contributed by atoms with Crippen molar-refractivity contribution in [1.29, 1.82) is 0 Å². The summed E-state index contributed by atoms with van der Waals surface area (Å²) in [5.41, 5.74) is 0.720. The lowest BCUT2D eigenvalue weighted by molar-refractivity contribution is -0.121. The van der Waals surface area contributed by atoms with E-state index in [9.17, 15) is 9.90 Å². The fraction of sp³-hybridized carbons (Fsp3) is 0.720. The highest BCUT2D eigenvalue weighted by Crippen LogP contribution is 2.32. The summed E-state index contributed by atoms with van der Waals surface area (Å²) in [6, 6.07) is 7.02. The minimum absolute atomic E-state index is 0.00177. The predicted octanol–water partition coefficient (Wildman–Crippen LogP) is 4.46. The van der Waals surface area contributed by atoms with Crippen LogP contribution in [0.5, 0.6) is 11.5 Å². The number of hydrogen-bond acceptors (Lipinski definition) is 5. The van der Waals surface area contributed by atoms with E-state index in [0.717, 1.165) is 30.5 Å². The van der Waals surface area contributed by atoms with Crippen molar-refractivity contribution < 1.29 is 19.4 Å². The molecular formula is C25H42N2O4. The molecule has 2 aliphatic heterocycles. The van der Waals surface area contributed by atoms with Gasteiger partial charge in [0.25, 0.3) is 0 Å². The Labute approximate surface area is 188 Å². The van der Waals surface area contributed by atoms with Crippen LogP contribution >= 0.6 is 0 Å². The fourth-order valence-electron chi connectivity index (χ4n) is 3.90. The van der Waals surface area contributed by atoms with Crippen LogP contribution in [0.25, 0.3) is 0 Å². The van der Waals surface area contributed by atoms with Gasteiger partial charge in [0.1, 0.15) is 13.2 Å². The molecule has 2 N–H and O–H groups in total. The highest BCUT2D eigenvalue weighted by Gasteiger charge is 2.22. The zero-order valence-corrected chi connectivity index (χ0v) is 19.9. The number of ether oxygens (including phenoxy) is 2. The minimum Gasteiger partial charge on any atom is -0.486 e. The Bertz CT molecular complexity index is 657. The van der Waals surface area contributed by atoms with Crippen molar-refractivity contribution in [2.24, 2.45) is 0 Å². The number of rotatable bonds is 9. The average Bonchev–Trinajstić information content (AvgIpc) is 3.08. The number of likely N-dealkylation sites (tertiary alicyclic amines) is 1. The molecule has 0 spiro atoms. The van der Waals surface area contributed by atoms with Crippen molar-refractivity contribution in [2.45, 2.75) is 90.3 Å². The third-order valence-electron chi connectivity index (χ3n) is 6.34. The van der Waals surface area contributed by atoms with Gasteiger partial charge in [0, 0.05) is 25.0 Å². The number of aliphatic hydroxyl groups excluding tert-OH is 1. The highest BCUT2D eigenvalue weighted by atomic mass is 16.6. The molecule has 0 radical (unpaired) electrons. The lowest BCUT2D eigenvalue weighted by Gasteiger charge is -2.20. The summed E-state index contributed by atoms with van der Waals surface area (Å²) in [5.74, 6) is 1.34. The van der Waals surface area contributed by atoms with Gasteiger partial charge in [-0.1, -0.05) is 38.7 Å². The largest absolute Gasteiger partial charge is 0.486 e. The van der Waals surface area contributed by atoms with E-state index in [1.807, 2.05) is 0 Å². The number of fused-ring (bicyclic) bond motifs is 1. The predicted molar refractivity (Wildman–Crippen MR) is 125 cm³/mol. The van der Waals surface area contributed by atoms with Gasteiger partial charge >= 0.3 is 0 Å². The van der Waals surface area contributed by atoms with E-state index < -0.39 is 6.10 Å². The molecule has 2 aliphatic rings. The van der Waals surface area contributed by atoms with E-state index in [-0.39, 0.29) is 12.5 Å². The maximum absolute atomic E-state index is 11.8. The molecule has 2 heterocycles. The summed E-state index contributed by atoms with van der Waals surface area (Å²) >= 11 is 0. The van der Waals surface area contributed by atoms with Gasteiger partial charge in [-0.25, -0.2) is 0 Å². The summed E-state index contributed by atoms with van der Waals surface area (Å²) < 4.78 is 11.0. The van der Waals surface area contributed by atoms with Crippen LogP contribution in [-0.2, 0) is 4.79 Å². The van der Waals surface area contributed by atoms with Crippen LogP contribution in [0.1, 0.15) is 83.8 Å². The lowest BCUT2D eigenvalue weighted by atomic mass is 10.1. The molecule has 3 atom stereocenters. The Balaban J connectivity index is 0.000000357. The first kappa shape index (κ1) is 25.5. The Morgan fingerprint density at radius 3 is 2.35 bits per heavy atom. The number of nitrogens with zero attached hydrogens (tertiary/aromatic N) is 1. The molecule has 1 aromatic carbocycles. The zero-order valence-electron chi connectivity index (χ0n) is 19.9. The molecular weight excluding hydrogens is 392 g/mol. The van der Waals surface area contributed by atoms with Crippen LogP contribution in [0.2, 0.25) is 0 Å². The van der Waals surface area contributed by atoms with Crippen LogP contribution in [0, 0.1) is 0 Å². The summed E-state index contributed by atoms with van der Waals surface area (Å²) in [4.78, 5) is 14.2. The molecule has 3 unspecified atom stereocenters. The molecule has 176 valence electrons. The lowest BCUT2D eigenvalue weighted by Crippen LogP contribution is -2.28. The molecule has 1 saturated heterocycles. The number of carbonyl (C=O) groups is 1. The van der Waals surface area contributed by atoms with Gasteiger partial charge < -0.3 is 24.8 Å². The van der Waals surface area contributed by atoms with Gasteiger partial charge in [-0.3, -0.25) is 4.79 Å². The number of hydrogen-bond donors (Lipinski definition) is 2. The molecule has 3 rings (SSSR count). The first-order chi connectivity index (χ1) is 14.9. The van der Waals surface area contributed by atoms with Gasteiger partial charge in [-0.05, 0) is 57.9 Å². The molecule has 0 saturated carbocycles. The number of carbonyl (C=O) groups excluding carboxylic acids is 1. The van der Waals surface area contributed by atoms with E-state index in [4.69, 9.17) is 9.47 Å². The molecule has 31 heavy (non-hydrogen) atoms. The topological polar surface area (TPSA) is 71.0 Å². The number of amides is 1. The van der Waals surface area contributed by atoms with Crippen molar-refractivity contribution in [3.63, 3.8) is 0 Å². The highest BCUT2D eigenvalue weighted by molar-refractivity contribution is 5.75. The number of unbranched alkanes of at least 4 members (excludes halogenated alkanes) is 4. The second kappa shape index (κ2) is 13.6. The van der Waals surface area contributed by atoms with Gasteiger partial charge in [-0.15, -0.1) is 0 Å². The van der Waals surface area contributed by atoms with E-state index in [1.54, 1.807) is 18.2 Å². The number of benzene rings is 1. The normalized spacial score (nSPS) is 21.2. The molecule has 0 aliphatic carbocycles. The zero-order chi connectivity index (χ0) is 22.6. The second-order valence-corrected chi connectivity index (χ2v) is 8.83. The average molecular weight is 435 g/mol. The van der Waals surface area contributed by atoms with Crippen LogP contribution in [0.15, 0.2) is 18.2 Å². The number of nitrogens with one attached hydrogen (secondary N) is 1. The molecule has 6 nitrogen and oxygen atoms in total. The maximum Gasteiger partial charge on any atom is 0.220 e. The quantitative estimate of drug-likeness (QED) is 0.562. The Kier molecular flexibility index (Phi) is 11.2. The third-order valence-corrected chi connectivity index (χ3v) is 6.34. The first-order valence-electron chi connectivity index (χ1n) is 12.0. The molecule has 1 fully saturated rings. The SMILES string of the molecule is CC1CCC(C)N1C.CCCCCCCC(=O)NCC(O)c1ccc2c(c1)OCCO2. The van der Waals surface area contributed by atoms with Crippen molar-refractivity contribution in [3.05, 3.63) is 23.8 Å². The molecule has 0 bridgehead atoms. The van der Waals surface area contributed by atoms with E-state index in [0.29, 0.717) is 31.1 Å². The Morgan fingerprint density at radius 2 is 1.74 bits per heavy atom. The molecule has 6 heteroatoms. The smallest absolute Gasteiger partial charge is 0.220 e. The standard InChI is InChI=1S/C18H27NO4.C7H15N/c1-2-3-4-5-6-7-18(21)19-13-15(20)14-8-9-16-17(12-14)23-11-10-22-16;1-6-4-5-7(2)8(6)3/h8-9,12,15,20H,2-7,10-11,13H2,1H3,(H,19,21);6-7H,4-5H2,1-3H3. The van der Waals surface area contributed by atoms with E-state index in [1.165, 1.54) is 32.1 Å². The first-order valence-corrected chi connectivity index (χ1v) is 12.0. The van der Waals surface area contributed by atoms with E-state index >= 15 is 0 Å². The summed E-state index contributed by atoms with van der Waals surface area (Å²) in [6.45, 7) is 8.04.